The van der Waals surface area contributed by atoms with E-state index in [0.29, 0.717) is 15.6 Å². The van der Waals surface area contributed by atoms with Crippen LogP contribution >= 0.6 is 22.9 Å². The quantitative estimate of drug-likeness (QED) is 0.655. The number of anilines is 1. The number of esters is 1. The molecule has 6 heteroatoms. The van der Waals surface area contributed by atoms with Crippen molar-refractivity contribution in [2.24, 2.45) is 0 Å². The Bertz CT molecular complexity index is 763. The van der Waals surface area contributed by atoms with Crippen molar-refractivity contribution in [3.05, 3.63) is 56.9 Å². The summed E-state index contributed by atoms with van der Waals surface area (Å²) in [5.74, 6) is -0.768. The molecule has 1 amide bonds. The minimum absolute atomic E-state index is 0.314. The summed E-state index contributed by atoms with van der Waals surface area (Å²) < 4.78 is 4.78. The fourth-order valence-corrected chi connectivity index (χ4v) is 3.14. The van der Waals surface area contributed by atoms with Gasteiger partial charge >= 0.3 is 5.97 Å². The van der Waals surface area contributed by atoms with Gasteiger partial charge in [-0.15, -0.1) is 11.3 Å². The molecule has 4 nitrogen and oxygen atoms in total. The zero-order chi connectivity index (χ0) is 17.0. The maximum Gasteiger partial charge on any atom is 0.341 e. The molecule has 0 fully saturated rings. The molecule has 0 bridgehead atoms. The van der Waals surface area contributed by atoms with Crippen molar-refractivity contribution in [3.8, 4) is 0 Å². The summed E-state index contributed by atoms with van der Waals surface area (Å²) in [6, 6.07) is 7.12. The number of carbonyl (C=O) groups is 2. The number of hydrogen-bond donors (Lipinski definition) is 1. The van der Waals surface area contributed by atoms with Gasteiger partial charge in [0.05, 0.1) is 12.7 Å². The second kappa shape index (κ2) is 7.44. The van der Waals surface area contributed by atoms with E-state index in [1.54, 1.807) is 18.2 Å². The number of thiophene rings is 1. The predicted octanol–water partition coefficient (Wildman–Crippen LogP) is 4.46. The number of amides is 1. The Labute approximate surface area is 143 Å². The molecule has 0 saturated carbocycles. The average molecular weight is 350 g/mol. The van der Waals surface area contributed by atoms with Crippen LogP contribution in [-0.4, -0.2) is 19.0 Å². The lowest BCUT2D eigenvalue weighted by Crippen LogP contribution is -2.11. The molecule has 0 saturated heterocycles. The van der Waals surface area contributed by atoms with Crippen molar-refractivity contribution in [3.63, 3.8) is 0 Å². The van der Waals surface area contributed by atoms with E-state index in [9.17, 15) is 9.59 Å². The highest BCUT2D eigenvalue weighted by Crippen LogP contribution is 2.32. The normalized spacial score (nSPS) is 10.8. The summed E-state index contributed by atoms with van der Waals surface area (Å²) in [6.07, 6.45) is 3.09. The van der Waals surface area contributed by atoms with Crippen LogP contribution in [-0.2, 0) is 9.53 Å². The molecule has 2 aromatic rings. The van der Waals surface area contributed by atoms with Crippen LogP contribution in [0.15, 0.2) is 30.3 Å². The number of halogens is 1. The first-order chi connectivity index (χ1) is 10.9. The highest BCUT2D eigenvalue weighted by molar-refractivity contribution is 7.16. The highest BCUT2D eigenvalue weighted by Gasteiger charge is 2.20. The molecule has 1 aromatic heterocycles. The molecule has 1 heterocycles. The summed E-state index contributed by atoms with van der Waals surface area (Å²) in [4.78, 5) is 24.9. The average Bonchev–Trinajstić information content (AvgIpc) is 2.80. The molecular weight excluding hydrogens is 334 g/mol. The summed E-state index contributed by atoms with van der Waals surface area (Å²) >= 11 is 7.17. The van der Waals surface area contributed by atoms with Gasteiger partial charge in [0.2, 0.25) is 5.91 Å². The molecule has 0 aliphatic carbocycles. The van der Waals surface area contributed by atoms with E-state index in [0.717, 1.165) is 16.0 Å². The van der Waals surface area contributed by atoms with E-state index in [1.807, 2.05) is 26.0 Å². The van der Waals surface area contributed by atoms with Gasteiger partial charge in [-0.05, 0) is 43.2 Å². The zero-order valence-electron chi connectivity index (χ0n) is 13.0. The highest BCUT2D eigenvalue weighted by atomic mass is 35.5. The molecule has 0 aliphatic rings. The van der Waals surface area contributed by atoms with Gasteiger partial charge in [0.1, 0.15) is 5.00 Å². The van der Waals surface area contributed by atoms with Crippen molar-refractivity contribution in [2.45, 2.75) is 13.8 Å². The molecule has 2 rings (SSSR count). The van der Waals surface area contributed by atoms with E-state index < -0.39 is 5.97 Å². The number of carbonyl (C=O) groups excluding carboxylic acids is 2. The van der Waals surface area contributed by atoms with E-state index in [4.69, 9.17) is 16.3 Å². The Morgan fingerprint density at radius 3 is 2.48 bits per heavy atom. The summed E-state index contributed by atoms with van der Waals surface area (Å²) in [7, 11) is 1.32. The predicted molar refractivity (Wildman–Crippen MR) is 94.2 cm³/mol. The van der Waals surface area contributed by atoms with Crippen LogP contribution < -0.4 is 5.32 Å². The van der Waals surface area contributed by atoms with Crippen LogP contribution in [0, 0.1) is 13.8 Å². The summed E-state index contributed by atoms with van der Waals surface area (Å²) in [6.45, 7) is 3.73. The van der Waals surface area contributed by atoms with Gasteiger partial charge in [0, 0.05) is 16.0 Å². The molecule has 1 N–H and O–H groups in total. The first kappa shape index (κ1) is 17.2. The number of hydrogen-bond acceptors (Lipinski definition) is 4. The Balaban J connectivity index is 2.16. The van der Waals surface area contributed by atoms with Gasteiger partial charge in [-0.25, -0.2) is 4.79 Å². The van der Waals surface area contributed by atoms with Crippen molar-refractivity contribution in [1.29, 1.82) is 0 Å². The molecule has 120 valence electrons. The second-order valence-electron chi connectivity index (χ2n) is 4.85. The number of methoxy groups -OCH3 is 1. The van der Waals surface area contributed by atoms with E-state index >= 15 is 0 Å². The minimum atomic E-state index is -0.455. The van der Waals surface area contributed by atoms with Gasteiger partial charge in [-0.2, -0.15) is 0 Å². The van der Waals surface area contributed by atoms with E-state index in [-0.39, 0.29) is 5.91 Å². The van der Waals surface area contributed by atoms with Crippen molar-refractivity contribution >= 4 is 45.9 Å². The van der Waals surface area contributed by atoms with Crippen molar-refractivity contribution in [1.82, 2.24) is 0 Å². The van der Waals surface area contributed by atoms with Gasteiger partial charge < -0.3 is 10.1 Å². The molecule has 0 aliphatic heterocycles. The van der Waals surface area contributed by atoms with E-state index in [2.05, 4.69) is 5.32 Å². The number of ether oxygens (including phenoxy) is 1. The summed E-state index contributed by atoms with van der Waals surface area (Å²) in [5.41, 5.74) is 2.08. The second-order valence-corrected chi connectivity index (χ2v) is 6.51. The van der Waals surface area contributed by atoms with Crippen LogP contribution in [0.25, 0.3) is 6.08 Å². The third kappa shape index (κ3) is 4.21. The van der Waals surface area contributed by atoms with Gasteiger partial charge in [0.25, 0.3) is 0 Å². The third-order valence-electron chi connectivity index (χ3n) is 3.31. The lowest BCUT2D eigenvalue weighted by atomic mass is 10.1. The fourth-order valence-electron chi connectivity index (χ4n) is 1.96. The van der Waals surface area contributed by atoms with Crippen LogP contribution in [0.3, 0.4) is 0 Å². The zero-order valence-corrected chi connectivity index (χ0v) is 14.5. The lowest BCUT2D eigenvalue weighted by molar-refractivity contribution is -0.111. The first-order valence-electron chi connectivity index (χ1n) is 6.85. The standard InChI is InChI=1S/C17H16ClNO3S/c1-10-11(2)23-16(15(10)17(21)22-3)19-14(20)9-6-12-4-7-13(18)8-5-12/h4-9H,1-3H3,(H,19,20)/b9-6-. The maximum atomic E-state index is 12.1. The van der Waals surface area contributed by atoms with Crippen molar-refractivity contribution in [2.75, 3.05) is 12.4 Å². The molecular formula is C17H16ClNO3S. The van der Waals surface area contributed by atoms with Gasteiger partial charge in [0.15, 0.2) is 0 Å². The number of nitrogens with one attached hydrogen (secondary N) is 1. The smallest absolute Gasteiger partial charge is 0.341 e. The Kier molecular flexibility index (Phi) is 5.58. The lowest BCUT2D eigenvalue weighted by Gasteiger charge is -2.04. The SMILES string of the molecule is COC(=O)c1c(NC(=O)/C=C\c2ccc(Cl)cc2)sc(C)c1C. The number of rotatable bonds is 4. The van der Waals surface area contributed by atoms with Gasteiger partial charge in [-0.1, -0.05) is 23.7 Å². The number of benzene rings is 1. The fraction of sp³-hybridized carbons (Fsp3) is 0.176. The summed E-state index contributed by atoms with van der Waals surface area (Å²) in [5, 5.41) is 3.87. The first-order valence-corrected chi connectivity index (χ1v) is 8.04. The van der Waals surface area contributed by atoms with Crippen molar-refractivity contribution < 1.29 is 14.3 Å². The topological polar surface area (TPSA) is 55.4 Å². The molecule has 0 spiro atoms. The molecule has 23 heavy (non-hydrogen) atoms. The number of aryl methyl sites for hydroxylation is 1. The minimum Gasteiger partial charge on any atom is -0.465 e. The van der Waals surface area contributed by atoms with Crippen LogP contribution in [0.2, 0.25) is 5.02 Å². The molecule has 0 atom stereocenters. The third-order valence-corrected chi connectivity index (χ3v) is 4.68. The van der Waals surface area contributed by atoms with Crippen LogP contribution in [0.1, 0.15) is 26.4 Å². The van der Waals surface area contributed by atoms with Gasteiger partial charge in [-0.3, -0.25) is 4.79 Å². The van der Waals surface area contributed by atoms with Crippen LogP contribution in [0.4, 0.5) is 5.00 Å². The maximum absolute atomic E-state index is 12.1. The van der Waals surface area contributed by atoms with E-state index in [1.165, 1.54) is 24.5 Å². The Hall–Kier alpha value is -2.11. The van der Waals surface area contributed by atoms with Crippen LogP contribution in [0.5, 0.6) is 0 Å². The Morgan fingerprint density at radius 1 is 1.22 bits per heavy atom. The molecule has 0 unspecified atom stereocenters. The molecule has 0 radical (unpaired) electrons. The molecule has 1 aromatic carbocycles. The largest absolute Gasteiger partial charge is 0.465 e. The Morgan fingerprint density at radius 2 is 1.87 bits per heavy atom. The monoisotopic (exact) mass is 349 g/mol.